The Balaban J connectivity index is 2.64. The Morgan fingerprint density at radius 2 is 1.76 bits per heavy atom. The molecule has 0 fully saturated rings. The molecule has 0 aliphatic carbocycles. The topological polar surface area (TPSA) is 52.6 Å². The monoisotopic (exact) mass is 352 g/mol. The molecule has 0 amide bonds. The second-order valence-corrected chi connectivity index (χ2v) is 7.62. The molecule has 140 valence electrons. The van der Waals surface area contributed by atoms with Crippen LogP contribution in [0.4, 0.5) is 4.39 Å². The lowest BCUT2D eigenvalue weighted by molar-refractivity contribution is -0.163. The predicted octanol–water partition coefficient (Wildman–Crippen LogP) is 4.54. The minimum Gasteiger partial charge on any atom is -0.462 e. The zero-order chi connectivity index (χ0) is 19.4. The van der Waals surface area contributed by atoms with Gasteiger partial charge in [-0.2, -0.15) is 0 Å². The van der Waals surface area contributed by atoms with Crippen molar-refractivity contribution in [3.05, 3.63) is 35.1 Å². The van der Waals surface area contributed by atoms with Crippen molar-refractivity contribution in [3.63, 3.8) is 0 Å². The molecule has 0 unspecified atom stereocenters. The van der Waals surface area contributed by atoms with E-state index in [4.69, 9.17) is 9.47 Å². The third kappa shape index (κ3) is 6.85. The number of carbonyl (C=O) groups excluding carboxylic acids is 2. The van der Waals surface area contributed by atoms with Crippen LogP contribution >= 0.6 is 0 Å². The van der Waals surface area contributed by atoms with Crippen molar-refractivity contribution in [2.75, 3.05) is 0 Å². The average molecular weight is 352 g/mol. The van der Waals surface area contributed by atoms with E-state index in [0.717, 1.165) is 11.1 Å². The van der Waals surface area contributed by atoms with Crippen LogP contribution in [0.5, 0.6) is 0 Å². The summed E-state index contributed by atoms with van der Waals surface area (Å²) in [4.78, 5) is 24.1. The normalized spacial score (nSPS) is 15.2. The quantitative estimate of drug-likeness (QED) is 0.706. The van der Waals surface area contributed by atoms with Gasteiger partial charge >= 0.3 is 11.9 Å². The number of benzene rings is 1. The van der Waals surface area contributed by atoms with E-state index in [2.05, 4.69) is 0 Å². The lowest BCUT2D eigenvalue weighted by Gasteiger charge is -2.24. The molecular weight excluding hydrogens is 323 g/mol. The Bertz CT molecular complexity index is 619. The molecule has 0 aromatic heterocycles. The predicted molar refractivity (Wildman–Crippen MR) is 94.7 cm³/mol. The number of aryl methyl sites for hydroxylation is 1. The summed E-state index contributed by atoms with van der Waals surface area (Å²) in [6, 6.07) is 4.58. The summed E-state index contributed by atoms with van der Waals surface area (Å²) in [7, 11) is 0. The molecule has 0 aliphatic rings. The molecule has 0 heterocycles. The summed E-state index contributed by atoms with van der Waals surface area (Å²) in [5.41, 5.74) is 1.17. The van der Waals surface area contributed by atoms with Crippen molar-refractivity contribution in [1.29, 1.82) is 0 Å². The molecule has 0 aliphatic heterocycles. The number of rotatable bonds is 6. The van der Waals surface area contributed by atoms with Crippen LogP contribution in [0.25, 0.3) is 0 Å². The van der Waals surface area contributed by atoms with E-state index < -0.39 is 29.6 Å². The summed E-state index contributed by atoms with van der Waals surface area (Å²) < 4.78 is 24.0. The molecule has 1 aromatic rings. The molecule has 5 heteroatoms. The number of esters is 2. The maximum Gasteiger partial charge on any atom is 0.309 e. The number of ether oxygens (including phenoxy) is 2. The first-order valence-electron chi connectivity index (χ1n) is 8.59. The van der Waals surface area contributed by atoms with E-state index in [9.17, 15) is 14.0 Å². The molecule has 0 saturated carbocycles. The highest BCUT2D eigenvalue weighted by atomic mass is 19.1. The van der Waals surface area contributed by atoms with Crippen LogP contribution in [-0.2, 0) is 19.1 Å². The van der Waals surface area contributed by atoms with E-state index in [1.165, 1.54) is 12.1 Å². The van der Waals surface area contributed by atoms with Gasteiger partial charge in [0.2, 0.25) is 0 Å². The van der Waals surface area contributed by atoms with Crippen LogP contribution in [0.1, 0.15) is 65.0 Å². The van der Waals surface area contributed by atoms with Gasteiger partial charge < -0.3 is 9.47 Å². The minimum absolute atomic E-state index is 0.0211. The molecule has 0 spiro atoms. The van der Waals surface area contributed by atoms with Gasteiger partial charge in [-0.05, 0) is 57.9 Å². The van der Waals surface area contributed by atoms with Crippen LogP contribution in [0, 0.1) is 18.7 Å². The maximum absolute atomic E-state index is 13.2. The van der Waals surface area contributed by atoms with Crippen molar-refractivity contribution in [2.24, 2.45) is 5.92 Å². The Morgan fingerprint density at radius 3 is 2.28 bits per heavy atom. The summed E-state index contributed by atoms with van der Waals surface area (Å²) in [6.45, 7) is 12.5. The molecule has 4 nitrogen and oxygen atoms in total. The number of hydrogen-bond donors (Lipinski definition) is 0. The van der Waals surface area contributed by atoms with Crippen molar-refractivity contribution >= 4 is 11.9 Å². The molecule has 25 heavy (non-hydrogen) atoms. The molecular formula is C20H29FO4. The van der Waals surface area contributed by atoms with Crippen LogP contribution < -0.4 is 0 Å². The van der Waals surface area contributed by atoms with Gasteiger partial charge in [0.15, 0.2) is 0 Å². The molecule has 0 saturated heterocycles. The van der Waals surface area contributed by atoms with Gasteiger partial charge in [-0.25, -0.2) is 4.39 Å². The molecule has 0 N–H and O–H groups in total. The molecule has 0 bridgehead atoms. The minimum atomic E-state index is -0.584. The standard InChI is InChI=1S/C20H29FO4/c1-12-10-16(21)8-9-17(12)14(3)15(4)24-19(23)13(2)11-18(22)25-20(5,6)7/h8-10,13-15H,11H2,1-7H3/t13-,14-,15-/m1/s1. The summed E-state index contributed by atoms with van der Waals surface area (Å²) >= 11 is 0. The highest BCUT2D eigenvalue weighted by Gasteiger charge is 2.26. The SMILES string of the molecule is Cc1cc(F)ccc1[C@H](C)[C@@H](C)OC(=O)[C@H](C)CC(=O)OC(C)(C)C. The van der Waals surface area contributed by atoms with Gasteiger partial charge in [0.25, 0.3) is 0 Å². The van der Waals surface area contributed by atoms with Crippen molar-refractivity contribution in [2.45, 2.75) is 72.5 Å². The third-order valence-electron chi connectivity index (χ3n) is 4.02. The highest BCUT2D eigenvalue weighted by molar-refractivity contribution is 5.79. The van der Waals surface area contributed by atoms with E-state index in [1.807, 2.05) is 13.8 Å². The molecule has 0 radical (unpaired) electrons. The zero-order valence-electron chi connectivity index (χ0n) is 16.2. The van der Waals surface area contributed by atoms with Crippen molar-refractivity contribution in [1.82, 2.24) is 0 Å². The maximum atomic E-state index is 13.2. The Labute approximate surface area is 149 Å². The third-order valence-corrected chi connectivity index (χ3v) is 4.02. The first-order chi connectivity index (χ1) is 11.4. The average Bonchev–Trinajstić information content (AvgIpc) is 2.44. The fourth-order valence-electron chi connectivity index (χ4n) is 2.52. The van der Waals surface area contributed by atoms with Gasteiger partial charge in [-0.1, -0.05) is 19.9 Å². The lowest BCUT2D eigenvalue weighted by atomic mass is 9.92. The van der Waals surface area contributed by atoms with E-state index in [-0.39, 0.29) is 18.2 Å². The Morgan fingerprint density at radius 1 is 1.16 bits per heavy atom. The van der Waals surface area contributed by atoms with Crippen molar-refractivity contribution in [3.8, 4) is 0 Å². The molecule has 3 atom stereocenters. The number of hydrogen-bond acceptors (Lipinski definition) is 4. The summed E-state index contributed by atoms with van der Waals surface area (Å²) in [5, 5.41) is 0. The van der Waals surface area contributed by atoms with Gasteiger partial charge in [-0.15, -0.1) is 0 Å². The Kier molecular flexibility index (Phi) is 7.15. The smallest absolute Gasteiger partial charge is 0.309 e. The first-order valence-corrected chi connectivity index (χ1v) is 8.59. The fourth-order valence-corrected chi connectivity index (χ4v) is 2.52. The second-order valence-electron chi connectivity index (χ2n) is 7.62. The fraction of sp³-hybridized carbons (Fsp3) is 0.600. The van der Waals surface area contributed by atoms with Crippen molar-refractivity contribution < 1.29 is 23.5 Å². The van der Waals surface area contributed by atoms with Crippen LogP contribution in [0.3, 0.4) is 0 Å². The van der Waals surface area contributed by atoms with Gasteiger partial charge in [0.05, 0.1) is 12.3 Å². The second kappa shape index (κ2) is 8.45. The van der Waals surface area contributed by atoms with E-state index >= 15 is 0 Å². The number of carbonyl (C=O) groups is 2. The summed E-state index contributed by atoms with van der Waals surface area (Å²) in [6.07, 6.45) is -0.412. The van der Waals surface area contributed by atoms with E-state index in [1.54, 1.807) is 40.7 Å². The van der Waals surface area contributed by atoms with Crippen LogP contribution in [0.2, 0.25) is 0 Å². The zero-order valence-corrected chi connectivity index (χ0v) is 16.2. The highest BCUT2D eigenvalue weighted by Crippen LogP contribution is 2.26. The summed E-state index contributed by atoms with van der Waals surface area (Å²) in [5.74, 6) is -1.82. The Hall–Kier alpha value is -1.91. The van der Waals surface area contributed by atoms with Gasteiger partial charge in [0, 0.05) is 5.92 Å². The van der Waals surface area contributed by atoms with Gasteiger partial charge in [-0.3, -0.25) is 9.59 Å². The number of halogens is 1. The largest absolute Gasteiger partial charge is 0.462 e. The van der Waals surface area contributed by atoms with E-state index in [0.29, 0.717) is 0 Å². The molecule has 1 aromatic carbocycles. The van der Waals surface area contributed by atoms with Crippen LogP contribution in [-0.4, -0.2) is 23.6 Å². The van der Waals surface area contributed by atoms with Gasteiger partial charge in [0.1, 0.15) is 17.5 Å². The lowest BCUT2D eigenvalue weighted by Crippen LogP contribution is -2.29. The first kappa shape index (κ1) is 21.1. The molecule has 1 rings (SSSR count). The van der Waals surface area contributed by atoms with Crippen LogP contribution in [0.15, 0.2) is 18.2 Å².